The summed E-state index contributed by atoms with van der Waals surface area (Å²) in [5, 5.41) is 9.37. The highest BCUT2D eigenvalue weighted by molar-refractivity contribution is 9.10. The van der Waals surface area contributed by atoms with Gasteiger partial charge >= 0.3 is 5.97 Å². The largest absolute Gasteiger partial charge is 0.508 e. The molecule has 0 atom stereocenters. The Hall–Kier alpha value is -6.13. The maximum atomic E-state index is 14.0. The molecule has 2 saturated heterocycles. The third kappa shape index (κ3) is 31.0. The summed E-state index contributed by atoms with van der Waals surface area (Å²) in [7, 11) is 0. The Morgan fingerprint density at radius 3 is 1.26 bits per heavy atom. The van der Waals surface area contributed by atoms with Crippen molar-refractivity contribution >= 4 is 45.1 Å². The fraction of sp³-hybridized carbons (Fsp3) is 0.386. The number of hydrogen-bond donors (Lipinski definition) is 1. The van der Waals surface area contributed by atoms with Crippen LogP contribution < -0.4 is 14.2 Å². The number of esters is 1. The Kier molecular flexibility index (Phi) is 36.8. The van der Waals surface area contributed by atoms with E-state index in [2.05, 4.69) is 48.4 Å². The maximum absolute atomic E-state index is 14.0. The first-order chi connectivity index (χ1) is 41.4. The van der Waals surface area contributed by atoms with Gasteiger partial charge in [-0.2, -0.15) is 0 Å². The summed E-state index contributed by atoms with van der Waals surface area (Å²) in [6.45, 7) is 19.6. The number of hydrogen-bond acceptors (Lipinski definition) is 9. The van der Waals surface area contributed by atoms with E-state index in [9.17, 15) is 27.5 Å². The number of rotatable bonds is 17. The average molecular weight is 1300 g/mol. The van der Waals surface area contributed by atoms with Crippen LogP contribution in [0.15, 0.2) is 168 Å². The molecule has 9 nitrogen and oxygen atoms in total. The zero-order chi connectivity index (χ0) is 63.0. The number of phenols is 1. The van der Waals surface area contributed by atoms with Gasteiger partial charge in [0.15, 0.2) is 0 Å². The normalized spacial score (nSPS) is 13.3. The van der Waals surface area contributed by atoms with Crippen LogP contribution in [-0.2, 0) is 60.8 Å². The molecule has 7 aromatic carbocycles. The Balaban J connectivity index is 0.000000279. The van der Waals surface area contributed by atoms with Crippen molar-refractivity contribution in [2.24, 2.45) is 0 Å². The number of carbonyl (C=O) groups is 1. The quantitative estimate of drug-likeness (QED) is 0.0413. The highest BCUT2D eigenvalue weighted by atomic mass is 79.9. The smallest absolute Gasteiger partial charge is 0.302 e. The fourth-order valence-electron chi connectivity index (χ4n) is 8.30. The van der Waals surface area contributed by atoms with Gasteiger partial charge in [0.1, 0.15) is 66.1 Å². The summed E-state index contributed by atoms with van der Waals surface area (Å²) in [6.07, 6.45) is 5.62. The standard InChI is InChI=1S/C19H21FO2.C15H15FO.C13H10BrFO.C12H15FO2.C4H8Cl2O.C4H8O2.C3H8/c1-19(7-9-21-10-8-19)16-11-17(20)13-18(12-16)22-14-15-5-3-2-4-6-15;1-2-12-8-14(16)10-15(9-12)17-11-13-6-4-3-5-7-13;14-11-6-12(15)8-13(7-11)16-9-10-4-2-1-3-5-10;1-12(2-4-15-5-3-12)9-6-10(13)8-11(14)7-9;5-1-3-7-4-2-6;1-3-6-4(2)5;1-3-2/h2-6,11-13H,7-10,14H2,1H3;3-10H,2,11H2,1H3;1-8H,9H2;6-8,14H,2-5H2,1H3;1-4H2;3H2,1-2H3;3H2,1-2H3. The molecule has 0 amide bonds. The monoisotopic (exact) mass is 1290 g/mol. The first-order valence-corrected chi connectivity index (χ1v) is 30.8. The highest BCUT2D eigenvalue weighted by Crippen LogP contribution is 2.38. The molecule has 86 heavy (non-hydrogen) atoms. The van der Waals surface area contributed by atoms with Crippen molar-refractivity contribution in [2.75, 3.05) is 58.0 Å². The minimum absolute atomic E-state index is 0.00211. The van der Waals surface area contributed by atoms with Crippen molar-refractivity contribution in [3.8, 4) is 23.0 Å². The van der Waals surface area contributed by atoms with E-state index in [1.165, 1.54) is 49.7 Å². The number of aromatic hydroxyl groups is 1. The number of benzene rings is 7. The summed E-state index contributed by atoms with van der Waals surface area (Å²) in [5.41, 5.74) is 5.92. The second-order valence-corrected chi connectivity index (χ2v) is 22.1. The predicted octanol–water partition coefficient (Wildman–Crippen LogP) is 18.7. The Morgan fingerprint density at radius 1 is 0.523 bits per heavy atom. The van der Waals surface area contributed by atoms with Gasteiger partial charge in [-0.3, -0.25) is 4.79 Å². The first kappa shape index (κ1) is 74.1. The molecule has 0 aliphatic carbocycles. The molecule has 1 N–H and O–H groups in total. The maximum Gasteiger partial charge on any atom is 0.302 e. The van der Waals surface area contributed by atoms with Gasteiger partial charge < -0.3 is 38.3 Å². The lowest BCUT2D eigenvalue weighted by molar-refractivity contribution is -0.140. The summed E-state index contributed by atoms with van der Waals surface area (Å²) in [5.74, 6) is 1.42. The van der Waals surface area contributed by atoms with Crippen molar-refractivity contribution in [1.82, 2.24) is 0 Å². The molecule has 2 aliphatic rings. The molecule has 7 aromatic rings. The van der Waals surface area contributed by atoms with Gasteiger partial charge in [0.2, 0.25) is 0 Å². The van der Waals surface area contributed by atoms with E-state index < -0.39 is 0 Å². The van der Waals surface area contributed by atoms with Crippen LogP contribution in [0.2, 0.25) is 0 Å². The molecule has 16 heteroatoms. The third-order valence-corrected chi connectivity index (χ3v) is 13.8. The molecule has 9 rings (SSSR count). The van der Waals surface area contributed by atoms with Gasteiger partial charge in [-0.1, -0.05) is 148 Å². The summed E-state index contributed by atoms with van der Waals surface area (Å²) >= 11 is 13.8. The van der Waals surface area contributed by atoms with Crippen LogP contribution in [0.4, 0.5) is 17.6 Å². The molecule has 0 spiro atoms. The number of aryl methyl sites for hydroxylation is 1. The molecule has 2 fully saturated rings. The number of carbonyl (C=O) groups excluding carboxylic acids is 1. The molecular weight excluding hydrogens is 1210 g/mol. The minimum atomic E-state index is -0.377. The van der Waals surface area contributed by atoms with E-state index in [1.54, 1.807) is 25.1 Å². The fourth-order valence-corrected chi connectivity index (χ4v) is 8.96. The van der Waals surface area contributed by atoms with E-state index in [0.717, 1.165) is 84.8 Å². The van der Waals surface area contributed by atoms with Crippen LogP contribution in [0.25, 0.3) is 0 Å². The van der Waals surface area contributed by atoms with Crippen molar-refractivity contribution in [3.63, 3.8) is 0 Å². The molecule has 0 bridgehead atoms. The van der Waals surface area contributed by atoms with Crippen LogP contribution >= 0.6 is 39.1 Å². The van der Waals surface area contributed by atoms with Crippen LogP contribution in [0.3, 0.4) is 0 Å². The molecule has 0 aromatic heterocycles. The number of alkyl halides is 2. The van der Waals surface area contributed by atoms with E-state index in [-0.39, 0.29) is 45.8 Å². The summed E-state index contributed by atoms with van der Waals surface area (Å²) < 4.78 is 90.9. The predicted molar refractivity (Wildman–Crippen MR) is 342 cm³/mol. The van der Waals surface area contributed by atoms with E-state index in [1.807, 2.05) is 110 Å². The number of phenolic OH excluding ortho intramolecular Hbond substituents is 1. The molecule has 468 valence electrons. The van der Waals surface area contributed by atoms with Gasteiger partial charge in [0.05, 0.1) is 19.8 Å². The second-order valence-electron chi connectivity index (χ2n) is 20.4. The lowest BCUT2D eigenvalue weighted by Crippen LogP contribution is -2.30. The van der Waals surface area contributed by atoms with E-state index in [4.69, 9.17) is 51.6 Å². The third-order valence-electron chi connectivity index (χ3n) is 13.1. The Morgan fingerprint density at radius 2 is 0.895 bits per heavy atom. The van der Waals surface area contributed by atoms with Crippen LogP contribution in [0, 0.1) is 23.3 Å². The summed E-state index contributed by atoms with van der Waals surface area (Å²) in [6, 6.07) is 48.2. The lowest BCUT2D eigenvalue weighted by atomic mass is 9.76. The van der Waals surface area contributed by atoms with Gasteiger partial charge in [-0.25, -0.2) is 17.6 Å². The Bertz CT molecular complexity index is 2890. The van der Waals surface area contributed by atoms with E-state index >= 15 is 0 Å². The van der Waals surface area contributed by atoms with Crippen LogP contribution in [-0.4, -0.2) is 69.1 Å². The topological polar surface area (TPSA) is 102 Å². The minimum Gasteiger partial charge on any atom is -0.508 e. The first-order valence-electron chi connectivity index (χ1n) is 28.9. The molecular formula is C70H85BrCl2F4O9. The average Bonchev–Trinajstić information content (AvgIpc) is 1.79. The zero-order valence-electron chi connectivity index (χ0n) is 50.7. The second kappa shape index (κ2) is 42.7. The molecule has 0 radical (unpaired) electrons. The van der Waals surface area contributed by atoms with Gasteiger partial charge in [-0.15, -0.1) is 23.2 Å². The van der Waals surface area contributed by atoms with Gasteiger partial charge in [-0.05, 0) is 132 Å². The van der Waals surface area contributed by atoms with Crippen LogP contribution in [0.5, 0.6) is 23.0 Å². The van der Waals surface area contributed by atoms with Crippen molar-refractivity contribution < 1.29 is 60.6 Å². The lowest BCUT2D eigenvalue weighted by Gasteiger charge is -2.34. The van der Waals surface area contributed by atoms with Crippen LogP contribution in [0.1, 0.15) is 114 Å². The van der Waals surface area contributed by atoms with Crippen molar-refractivity contribution in [2.45, 2.75) is 118 Å². The highest BCUT2D eigenvalue weighted by Gasteiger charge is 2.31. The van der Waals surface area contributed by atoms with Crippen molar-refractivity contribution in [3.05, 3.63) is 225 Å². The number of halogens is 7. The Labute approximate surface area is 526 Å². The van der Waals surface area contributed by atoms with Gasteiger partial charge in [0, 0.05) is 73.8 Å². The molecule has 2 heterocycles. The molecule has 0 saturated carbocycles. The summed E-state index contributed by atoms with van der Waals surface area (Å²) in [4.78, 5) is 9.82. The SMILES string of the molecule is CC1(c2cc(F)cc(OCc3ccccc3)c2)CCOCC1.CC1(c2cc(O)cc(F)c2)CCOCC1.CCC.CCOC(C)=O.CCc1cc(F)cc(OCc2ccccc2)c1.ClCCOCCCl.Fc1cc(Br)cc(OCc2ccccc2)c1. The molecule has 2 aliphatic heterocycles. The van der Waals surface area contributed by atoms with E-state index in [0.29, 0.717) is 86.3 Å². The molecule has 0 unspecified atom stereocenters. The zero-order valence-corrected chi connectivity index (χ0v) is 53.8. The van der Waals surface area contributed by atoms with Crippen molar-refractivity contribution in [1.29, 1.82) is 0 Å². The van der Waals surface area contributed by atoms with Gasteiger partial charge in [0.25, 0.3) is 0 Å². The number of ether oxygens (including phenoxy) is 7.